The van der Waals surface area contributed by atoms with Gasteiger partial charge in [0.15, 0.2) is 0 Å². The molecule has 0 aliphatic heterocycles. The first kappa shape index (κ1) is 21.6. The molecule has 0 saturated heterocycles. The Morgan fingerprint density at radius 2 is 1.76 bits per heavy atom. The van der Waals surface area contributed by atoms with E-state index in [1.165, 1.54) is 0 Å². The Balaban J connectivity index is 1.61. The fraction of sp³-hybridized carbons (Fsp3) is 0.958. The van der Waals surface area contributed by atoms with Gasteiger partial charge in [0.1, 0.15) is 0 Å². The van der Waals surface area contributed by atoms with Crippen molar-refractivity contribution in [2.24, 2.45) is 46.3 Å². The first-order chi connectivity index (χ1) is 13.6. The van der Waals surface area contributed by atoms with Gasteiger partial charge in [-0.25, -0.2) is 0 Å². The number of carbonyl (C=O) groups is 1. The third-order valence-corrected chi connectivity index (χ3v) is 10.3. The van der Waals surface area contributed by atoms with Crippen LogP contribution < -0.4 is 0 Å². The van der Waals surface area contributed by atoms with Gasteiger partial charge in [-0.15, -0.1) is 0 Å². The van der Waals surface area contributed by atoms with Gasteiger partial charge in [0.25, 0.3) is 0 Å². The van der Waals surface area contributed by atoms with Crippen LogP contribution in [0.25, 0.3) is 0 Å². The van der Waals surface area contributed by atoms with E-state index in [1.807, 2.05) is 0 Å². The van der Waals surface area contributed by atoms with E-state index in [9.17, 15) is 20.1 Å². The molecule has 0 aromatic carbocycles. The Morgan fingerprint density at radius 1 is 1.03 bits per heavy atom. The van der Waals surface area contributed by atoms with E-state index in [4.69, 9.17) is 5.11 Å². The third-order valence-electron chi connectivity index (χ3n) is 10.3. The molecule has 4 saturated carbocycles. The molecule has 11 atom stereocenters. The molecule has 29 heavy (non-hydrogen) atoms. The van der Waals surface area contributed by atoms with Crippen LogP contribution in [0.2, 0.25) is 0 Å². The van der Waals surface area contributed by atoms with Crippen LogP contribution >= 0.6 is 0 Å². The Hall–Kier alpha value is -0.650. The molecule has 4 aliphatic carbocycles. The van der Waals surface area contributed by atoms with E-state index in [0.29, 0.717) is 30.1 Å². The minimum Gasteiger partial charge on any atom is -0.481 e. The van der Waals surface area contributed by atoms with Crippen LogP contribution in [0.1, 0.15) is 78.6 Å². The number of hydrogen-bond donors (Lipinski definition) is 4. The van der Waals surface area contributed by atoms with Gasteiger partial charge in [0.2, 0.25) is 0 Å². The molecule has 5 heteroatoms. The average molecular weight is 409 g/mol. The molecule has 4 rings (SSSR count). The zero-order chi connectivity index (χ0) is 21.1. The summed E-state index contributed by atoms with van der Waals surface area (Å²) < 4.78 is 0. The highest BCUT2D eigenvalue weighted by molar-refractivity contribution is 5.66. The molecular weight excluding hydrogens is 368 g/mol. The molecule has 5 nitrogen and oxygen atoms in total. The lowest BCUT2D eigenvalue weighted by Gasteiger charge is -2.63. The molecular formula is C24H40O5. The fourth-order valence-electron chi connectivity index (χ4n) is 8.68. The van der Waals surface area contributed by atoms with Crippen molar-refractivity contribution in [3.05, 3.63) is 0 Å². The molecule has 0 amide bonds. The summed E-state index contributed by atoms with van der Waals surface area (Å²) >= 11 is 0. The summed E-state index contributed by atoms with van der Waals surface area (Å²) in [7, 11) is 0. The number of rotatable bonds is 4. The van der Waals surface area contributed by atoms with Crippen molar-refractivity contribution < 1.29 is 25.2 Å². The minimum absolute atomic E-state index is 0.0957. The Bertz CT molecular complexity index is 637. The molecule has 0 aromatic heterocycles. The quantitative estimate of drug-likeness (QED) is 0.571. The zero-order valence-corrected chi connectivity index (χ0v) is 18.3. The van der Waals surface area contributed by atoms with Crippen molar-refractivity contribution >= 4 is 5.97 Å². The van der Waals surface area contributed by atoms with E-state index in [0.717, 1.165) is 44.9 Å². The summed E-state index contributed by atoms with van der Waals surface area (Å²) in [5.74, 6) is 0.997. The minimum atomic E-state index is -0.748. The van der Waals surface area contributed by atoms with Gasteiger partial charge in [-0.3, -0.25) is 4.79 Å². The van der Waals surface area contributed by atoms with Crippen molar-refractivity contribution in [1.29, 1.82) is 0 Å². The summed E-state index contributed by atoms with van der Waals surface area (Å²) in [6.45, 7) is 6.72. The zero-order valence-electron chi connectivity index (χ0n) is 18.3. The average Bonchev–Trinajstić information content (AvgIpc) is 3.01. The number of carboxylic acid groups (broad SMARTS) is 1. The van der Waals surface area contributed by atoms with Gasteiger partial charge >= 0.3 is 5.97 Å². The Morgan fingerprint density at radius 3 is 2.45 bits per heavy atom. The topological polar surface area (TPSA) is 98.0 Å². The SMILES string of the molecule is CC(CCC(=O)O)C1CCC2C3C(CC(O)C12C)C1(C)CC[C@@H](O)CC1C[C@H]3O. The number of aliphatic hydroxyl groups excluding tert-OH is 3. The third kappa shape index (κ3) is 3.27. The second-order valence-corrected chi connectivity index (χ2v) is 11.4. The molecule has 4 aliphatic rings. The summed E-state index contributed by atoms with van der Waals surface area (Å²) in [5.41, 5.74) is -0.143. The molecule has 9 unspecified atom stereocenters. The molecule has 0 heterocycles. The number of hydrogen-bond acceptors (Lipinski definition) is 4. The van der Waals surface area contributed by atoms with E-state index >= 15 is 0 Å². The fourth-order valence-corrected chi connectivity index (χ4v) is 8.68. The molecule has 0 spiro atoms. The van der Waals surface area contributed by atoms with E-state index in [2.05, 4.69) is 20.8 Å². The molecule has 4 fully saturated rings. The van der Waals surface area contributed by atoms with Crippen molar-refractivity contribution in [3.8, 4) is 0 Å². The van der Waals surface area contributed by atoms with Gasteiger partial charge in [0.05, 0.1) is 18.3 Å². The normalized spacial score (nSPS) is 52.9. The van der Waals surface area contributed by atoms with Crippen molar-refractivity contribution in [3.63, 3.8) is 0 Å². The molecule has 0 aromatic rings. The maximum atomic E-state index is 11.5. The molecule has 4 N–H and O–H groups in total. The monoisotopic (exact) mass is 408 g/mol. The molecule has 0 radical (unpaired) electrons. The first-order valence-electron chi connectivity index (χ1n) is 11.8. The Kier molecular flexibility index (Phi) is 5.57. The predicted octanol–water partition coefficient (Wildman–Crippen LogP) is 3.45. The largest absolute Gasteiger partial charge is 0.481 e. The smallest absolute Gasteiger partial charge is 0.303 e. The lowest BCUT2D eigenvalue weighted by atomic mass is 9.43. The van der Waals surface area contributed by atoms with Crippen LogP contribution in [0.5, 0.6) is 0 Å². The molecule has 0 bridgehead atoms. The summed E-state index contributed by atoms with van der Waals surface area (Å²) in [6.07, 6.45) is 6.00. The maximum absolute atomic E-state index is 11.5. The summed E-state index contributed by atoms with van der Waals surface area (Å²) in [5, 5.41) is 42.0. The maximum Gasteiger partial charge on any atom is 0.303 e. The van der Waals surface area contributed by atoms with Crippen LogP contribution in [-0.2, 0) is 4.79 Å². The number of carboxylic acids is 1. The molecule has 166 valence electrons. The van der Waals surface area contributed by atoms with Crippen molar-refractivity contribution in [2.45, 2.75) is 96.9 Å². The van der Waals surface area contributed by atoms with Crippen LogP contribution in [0.3, 0.4) is 0 Å². The summed E-state index contributed by atoms with van der Waals surface area (Å²) in [4.78, 5) is 11.1. The van der Waals surface area contributed by atoms with Crippen LogP contribution in [-0.4, -0.2) is 44.7 Å². The summed E-state index contributed by atoms with van der Waals surface area (Å²) in [6, 6.07) is 0. The Labute approximate surface area is 174 Å². The van der Waals surface area contributed by atoms with Crippen molar-refractivity contribution in [2.75, 3.05) is 0 Å². The highest BCUT2D eigenvalue weighted by atomic mass is 16.4. The number of aliphatic carboxylic acids is 1. The van der Waals surface area contributed by atoms with Crippen molar-refractivity contribution in [1.82, 2.24) is 0 Å². The van der Waals surface area contributed by atoms with Gasteiger partial charge in [-0.2, -0.15) is 0 Å². The first-order valence-corrected chi connectivity index (χ1v) is 11.8. The van der Waals surface area contributed by atoms with E-state index in [1.54, 1.807) is 0 Å². The highest BCUT2D eigenvalue weighted by Gasteiger charge is 2.65. The lowest BCUT2D eigenvalue weighted by Crippen LogP contribution is -2.62. The van der Waals surface area contributed by atoms with Gasteiger partial charge in [-0.1, -0.05) is 20.8 Å². The van der Waals surface area contributed by atoms with Gasteiger partial charge in [-0.05, 0) is 97.7 Å². The van der Waals surface area contributed by atoms with Crippen LogP contribution in [0.15, 0.2) is 0 Å². The standard InChI is InChI=1S/C24H40O5/c1-13(4-7-21(28)29)16-5-6-17-22-18(12-20(27)24(16,17)3)23(2)9-8-15(25)10-14(23)11-19(22)26/h13-20,22,25-27H,4-12H2,1-3H3,(H,28,29)/t13?,14?,15-,16?,17?,18?,19-,20?,22?,23?,24?/m1/s1. The lowest BCUT2D eigenvalue weighted by molar-refractivity contribution is -0.207. The predicted molar refractivity (Wildman–Crippen MR) is 110 cm³/mol. The van der Waals surface area contributed by atoms with E-state index < -0.39 is 12.1 Å². The highest BCUT2D eigenvalue weighted by Crippen LogP contribution is 2.68. The van der Waals surface area contributed by atoms with Crippen LogP contribution in [0.4, 0.5) is 0 Å². The van der Waals surface area contributed by atoms with Crippen LogP contribution in [0, 0.1) is 46.3 Å². The van der Waals surface area contributed by atoms with Gasteiger partial charge in [0, 0.05) is 6.42 Å². The number of aliphatic hydroxyl groups is 3. The second-order valence-electron chi connectivity index (χ2n) is 11.4. The van der Waals surface area contributed by atoms with E-state index in [-0.39, 0.29) is 41.3 Å². The number of fused-ring (bicyclic) bond motifs is 5. The second kappa shape index (κ2) is 7.49. The van der Waals surface area contributed by atoms with Gasteiger partial charge < -0.3 is 20.4 Å².